The van der Waals surface area contributed by atoms with Gasteiger partial charge in [-0.3, -0.25) is 4.79 Å². The largest absolute Gasteiger partial charge is 0.416 e. The third kappa shape index (κ3) is 5.19. The molecule has 1 atom stereocenters. The van der Waals surface area contributed by atoms with Crippen LogP contribution in [0.1, 0.15) is 47.6 Å². The maximum absolute atomic E-state index is 12.6. The molecule has 3 rings (SSSR count). The van der Waals surface area contributed by atoms with Crippen molar-refractivity contribution in [2.45, 2.75) is 44.8 Å². The van der Waals surface area contributed by atoms with Gasteiger partial charge in [0.2, 0.25) is 5.89 Å². The summed E-state index contributed by atoms with van der Waals surface area (Å²) in [7, 11) is -2.91. The summed E-state index contributed by atoms with van der Waals surface area (Å²) in [4.78, 5) is 12.6. The maximum atomic E-state index is 12.6. The lowest BCUT2D eigenvalue weighted by Gasteiger charge is -2.08. The zero-order valence-electron chi connectivity index (χ0n) is 15.6. The quantitative estimate of drug-likeness (QED) is 0.489. The molecule has 0 bridgehead atoms. The van der Waals surface area contributed by atoms with Gasteiger partial charge in [0.15, 0.2) is 15.6 Å². The summed E-state index contributed by atoms with van der Waals surface area (Å²) in [6.07, 6.45) is 2.81. The molecule has 2 aromatic rings. The van der Waals surface area contributed by atoms with E-state index in [1.807, 2.05) is 19.1 Å². The standard InChI is InChI=1S/C19H24N2O4S2/c1-3-13-5-6-15(4-2)16(9-13)17(22)11-26-19-21-20-18(25-19)10-14-7-8-27(23,24)12-14/h5-6,9,14H,3-4,7-8,10-12H2,1-2H3. The molecule has 1 fully saturated rings. The van der Waals surface area contributed by atoms with Gasteiger partial charge in [0.05, 0.1) is 17.3 Å². The van der Waals surface area contributed by atoms with Crippen molar-refractivity contribution in [1.29, 1.82) is 0 Å². The number of aromatic nitrogens is 2. The molecule has 0 N–H and O–H groups in total. The number of carbonyl (C=O) groups is 1. The van der Waals surface area contributed by atoms with Gasteiger partial charge in [-0.05, 0) is 42.4 Å². The summed E-state index contributed by atoms with van der Waals surface area (Å²) >= 11 is 1.23. The normalized spacial score (nSPS) is 18.7. The number of sulfone groups is 1. The van der Waals surface area contributed by atoms with Crippen LogP contribution in [-0.2, 0) is 29.1 Å². The average Bonchev–Trinajstić information content (AvgIpc) is 3.24. The van der Waals surface area contributed by atoms with Gasteiger partial charge >= 0.3 is 0 Å². The van der Waals surface area contributed by atoms with E-state index in [9.17, 15) is 13.2 Å². The molecule has 0 saturated carbocycles. The number of Topliss-reactive ketones (excluding diaryl/α,β-unsaturated/α-hetero) is 1. The number of hydrogen-bond donors (Lipinski definition) is 0. The van der Waals surface area contributed by atoms with E-state index in [1.165, 1.54) is 11.8 Å². The van der Waals surface area contributed by atoms with Crippen LogP contribution in [0.15, 0.2) is 27.8 Å². The highest BCUT2D eigenvalue weighted by Gasteiger charge is 2.29. The van der Waals surface area contributed by atoms with Gasteiger partial charge in [0.1, 0.15) is 0 Å². The van der Waals surface area contributed by atoms with E-state index >= 15 is 0 Å². The lowest BCUT2D eigenvalue weighted by Crippen LogP contribution is -2.07. The first-order chi connectivity index (χ1) is 12.9. The number of hydrogen-bond acceptors (Lipinski definition) is 7. The second kappa shape index (κ2) is 8.56. The lowest BCUT2D eigenvalue weighted by atomic mass is 9.98. The van der Waals surface area contributed by atoms with Gasteiger partial charge in [-0.2, -0.15) is 0 Å². The Bertz CT molecular complexity index is 922. The van der Waals surface area contributed by atoms with Crippen molar-refractivity contribution in [2.75, 3.05) is 17.3 Å². The highest BCUT2D eigenvalue weighted by atomic mass is 32.2. The van der Waals surface area contributed by atoms with E-state index < -0.39 is 9.84 Å². The smallest absolute Gasteiger partial charge is 0.277 e. The monoisotopic (exact) mass is 408 g/mol. The highest BCUT2D eigenvalue weighted by Crippen LogP contribution is 2.25. The van der Waals surface area contributed by atoms with Crippen molar-refractivity contribution < 1.29 is 17.6 Å². The third-order valence-electron chi connectivity index (χ3n) is 4.83. The minimum atomic E-state index is -2.91. The number of nitrogens with zero attached hydrogens (tertiary/aromatic N) is 2. The summed E-state index contributed by atoms with van der Waals surface area (Å²) in [5.74, 6) is 1.18. The molecule has 8 heteroatoms. The Morgan fingerprint density at radius 3 is 2.74 bits per heavy atom. The van der Waals surface area contributed by atoms with Crippen LogP contribution in [-0.4, -0.2) is 41.7 Å². The summed E-state index contributed by atoms with van der Waals surface area (Å²) < 4.78 is 28.7. The first kappa shape index (κ1) is 20.1. The Kier molecular flexibility index (Phi) is 6.37. The fourth-order valence-electron chi connectivity index (χ4n) is 3.28. The predicted molar refractivity (Wildman–Crippen MR) is 105 cm³/mol. The van der Waals surface area contributed by atoms with Crippen molar-refractivity contribution in [3.63, 3.8) is 0 Å². The number of ketones is 1. The topological polar surface area (TPSA) is 90.1 Å². The fourth-order valence-corrected chi connectivity index (χ4v) is 5.80. The van der Waals surface area contributed by atoms with Crippen LogP contribution < -0.4 is 0 Å². The molecule has 1 saturated heterocycles. The molecule has 1 aromatic carbocycles. The van der Waals surface area contributed by atoms with E-state index in [4.69, 9.17) is 4.42 Å². The Morgan fingerprint density at radius 2 is 2.07 bits per heavy atom. The van der Waals surface area contributed by atoms with E-state index in [2.05, 4.69) is 23.2 Å². The molecule has 0 amide bonds. The van der Waals surface area contributed by atoms with E-state index in [0.29, 0.717) is 24.0 Å². The van der Waals surface area contributed by atoms with Crippen LogP contribution in [0.3, 0.4) is 0 Å². The summed E-state index contributed by atoms with van der Waals surface area (Å²) in [6, 6.07) is 6.06. The van der Waals surface area contributed by atoms with E-state index in [-0.39, 0.29) is 29.0 Å². The first-order valence-corrected chi connectivity index (χ1v) is 12.0. The third-order valence-corrected chi connectivity index (χ3v) is 7.48. The summed E-state index contributed by atoms with van der Waals surface area (Å²) in [5.41, 5.74) is 2.96. The minimum Gasteiger partial charge on any atom is -0.416 e. The predicted octanol–water partition coefficient (Wildman–Crippen LogP) is 3.15. The van der Waals surface area contributed by atoms with Crippen molar-refractivity contribution in [2.24, 2.45) is 5.92 Å². The average molecular weight is 409 g/mol. The highest BCUT2D eigenvalue weighted by molar-refractivity contribution is 7.99. The molecule has 2 heterocycles. The van der Waals surface area contributed by atoms with Crippen LogP contribution in [0.25, 0.3) is 0 Å². The van der Waals surface area contributed by atoms with Gasteiger partial charge in [-0.1, -0.05) is 37.7 Å². The van der Waals surface area contributed by atoms with E-state index in [1.54, 1.807) is 0 Å². The van der Waals surface area contributed by atoms with Crippen LogP contribution in [0.4, 0.5) is 0 Å². The van der Waals surface area contributed by atoms with Gasteiger partial charge in [-0.25, -0.2) is 8.42 Å². The molecular formula is C19H24N2O4S2. The summed E-state index contributed by atoms with van der Waals surface area (Å²) in [6.45, 7) is 4.11. The molecular weight excluding hydrogens is 384 g/mol. The van der Waals surface area contributed by atoms with Gasteiger partial charge in [-0.15, -0.1) is 10.2 Å². The molecule has 6 nitrogen and oxygen atoms in total. The second-order valence-electron chi connectivity index (χ2n) is 6.85. The molecule has 146 valence electrons. The molecule has 1 unspecified atom stereocenters. The van der Waals surface area contributed by atoms with Crippen LogP contribution in [0, 0.1) is 5.92 Å². The van der Waals surface area contributed by atoms with Crippen molar-refractivity contribution in [3.05, 3.63) is 40.8 Å². The van der Waals surface area contributed by atoms with Crippen LogP contribution in [0.2, 0.25) is 0 Å². The van der Waals surface area contributed by atoms with E-state index in [0.717, 1.165) is 29.5 Å². The molecule has 1 aliphatic heterocycles. The number of thioether (sulfide) groups is 1. The Labute approximate surface area is 164 Å². The molecule has 27 heavy (non-hydrogen) atoms. The molecule has 1 aromatic heterocycles. The minimum absolute atomic E-state index is 0.0406. The SMILES string of the molecule is CCc1ccc(CC)c(C(=O)CSc2nnc(CC3CCS(=O)(=O)C3)o2)c1. The van der Waals surface area contributed by atoms with Gasteiger partial charge in [0.25, 0.3) is 5.22 Å². The fraction of sp³-hybridized carbons (Fsp3) is 0.526. The molecule has 0 radical (unpaired) electrons. The molecule has 0 aliphatic carbocycles. The van der Waals surface area contributed by atoms with Crippen LogP contribution in [0.5, 0.6) is 0 Å². The number of rotatable bonds is 8. The van der Waals surface area contributed by atoms with Gasteiger partial charge < -0.3 is 4.42 Å². The number of benzene rings is 1. The lowest BCUT2D eigenvalue weighted by molar-refractivity contribution is 0.102. The Morgan fingerprint density at radius 1 is 1.26 bits per heavy atom. The van der Waals surface area contributed by atoms with Crippen LogP contribution >= 0.6 is 11.8 Å². The first-order valence-electron chi connectivity index (χ1n) is 9.20. The number of carbonyl (C=O) groups excluding carboxylic acids is 1. The Balaban J connectivity index is 1.59. The molecule has 1 aliphatic rings. The second-order valence-corrected chi connectivity index (χ2v) is 10.0. The summed E-state index contributed by atoms with van der Waals surface area (Å²) in [5, 5.41) is 8.33. The van der Waals surface area contributed by atoms with Gasteiger partial charge in [0, 0.05) is 12.0 Å². The zero-order valence-corrected chi connectivity index (χ0v) is 17.2. The number of aryl methyl sites for hydroxylation is 2. The Hall–Kier alpha value is -1.67. The van der Waals surface area contributed by atoms with Crippen molar-refractivity contribution in [1.82, 2.24) is 10.2 Å². The van der Waals surface area contributed by atoms with Crippen molar-refractivity contribution >= 4 is 27.4 Å². The van der Waals surface area contributed by atoms with Crippen molar-refractivity contribution in [3.8, 4) is 0 Å². The molecule has 0 spiro atoms. The maximum Gasteiger partial charge on any atom is 0.277 e. The zero-order chi connectivity index (χ0) is 19.4.